The van der Waals surface area contributed by atoms with Crippen LogP contribution >= 0.6 is 11.6 Å². The van der Waals surface area contributed by atoms with Crippen molar-refractivity contribution in [2.24, 2.45) is 5.73 Å². The summed E-state index contributed by atoms with van der Waals surface area (Å²) in [6, 6.07) is 6.48. The van der Waals surface area contributed by atoms with Crippen LogP contribution in [0, 0.1) is 0 Å². The number of rotatable bonds is 4. The lowest BCUT2D eigenvalue weighted by atomic mass is 10.0. The molecule has 1 heterocycles. The zero-order valence-corrected chi connectivity index (χ0v) is 11.8. The van der Waals surface area contributed by atoms with Crippen molar-refractivity contribution in [2.45, 2.75) is 12.5 Å². The number of nitrogens with two attached hydrogens (primary N) is 1. The summed E-state index contributed by atoms with van der Waals surface area (Å²) in [5.41, 5.74) is 6.24. The first-order valence-corrected chi connectivity index (χ1v) is 7.67. The third-order valence-corrected chi connectivity index (χ3v) is 3.83. The molecule has 1 aliphatic rings. The Morgan fingerprint density at radius 2 is 1.90 bits per heavy atom. The van der Waals surface area contributed by atoms with E-state index in [1.54, 1.807) is 24.3 Å². The van der Waals surface area contributed by atoms with Crippen LogP contribution in [0.1, 0.15) is 18.1 Å². The summed E-state index contributed by atoms with van der Waals surface area (Å²) in [7, 11) is -4.16. The van der Waals surface area contributed by atoms with Crippen molar-refractivity contribution in [1.29, 1.82) is 0 Å². The minimum absolute atomic E-state index is 0.0718. The molecule has 1 aromatic rings. The number of hydrogen-bond donors (Lipinski definition) is 2. The lowest BCUT2D eigenvalue weighted by Gasteiger charge is -2.10. The van der Waals surface area contributed by atoms with Gasteiger partial charge in [0, 0.05) is 10.6 Å². The minimum Gasteiger partial charge on any atom is -0.463 e. The number of benzene rings is 1. The molecule has 0 aliphatic carbocycles. The molecule has 20 heavy (non-hydrogen) atoms. The summed E-state index contributed by atoms with van der Waals surface area (Å²) in [5, 5.41) is 0.520. The normalized spacial score (nSPS) is 19.3. The number of halogens is 1. The third kappa shape index (κ3) is 3.30. The van der Waals surface area contributed by atoms with Crippen LogP contribution in [0.5, 0.6) is 0 Å². The molecule has 1 atom stereocenters. The van der Waals surface area contributed by atoms with Gasteiger partial charge in [-0.25, -0.2) is 0 Å². The Hall–Kier alpha value is -1.57. The summed E-state index contributed by atoms with van der Waals surface area (Å²) in [6.45, 7) is 0. The van der Waals surface area contributed by atoms with Gasteiger partial charge in [-0.05, 0) is 18.6 Å². The molecule has 1 aliphatic heterocycles. The van der Waals surface area contributed by atoms with E-state index in [-0.39, 0.29) is 17.9 Å². The molecule has 2 rings (SSSR count). The molecule has 108 valence electrons. The first-order valence-electron chi connectivity index (χ1n) is 5.68. The largest absolute Gasteiger partial charge is 0.463 e. The smallest absolute Gasteiger partial charge is 0.265 e. The Balaban J connectivity index is 2.16. The predicted molar refractivity (Wildman–Crippen MR) is 72.5 cm³/mol. The van der Waals surface area contributed by atoms with Gasteiger partial charge in [0.15, 0.2) is 12.0 Å². The average Bonchev–Trinajstić information content (AvgIpc) is 2.63. The molecule has 8 heteroatoms. The van der Waals surface area contributed by atoms with E-state index in [0.29, 0.717) is 10.6 Å². The van der Waals surface area contributed by atoms with Gasteiger partial charge in [0.2, 0.25) is 5.78 Å². The van der Waals surface area contributed by atoms with Crippen LogP contribution in [0.3, 0.4) is 0 Å². The van der Waals surface area contributed by atoms with Crippen molar-refractivity contribution < 1.29 is 22.5 Å². The van der Waals surface area contributed by atoms with E-state index in [1.165, 1.54) is 0 Å². The molecule has 0 fully saturated rings. The zero-order valence-electron chi connectivity index (χ0n) is 10.2. The molecule has 0 spiro atoms. The van der Waals surface area contributed by atoms with Gasteiger partial charge < -0.3 is 10.5 Å². The number of ketones is 1. The number of carbonyl (C=O) groups excluding carboxylic acids is 1. The van der Waals surface area contributed by atoms with E-state index in [4.69, 9.17) is 26.6 Å². The van der Waals surface area contributed by atoms with Crippen molar-refractivity contribution in [1.82, 2.24) is 0 Å². The molecular formula is C12H12ClNO5S. The molecule has 0 aromatic heterocycles. The maximum absolute atomic E-state index is 12.1. The lowest BCUT2D eigenvalue weighted by Crippen LogP contribution is -2.12. The molecule has 1 unspecified atom stereocenters. The van der Waals surface area contributed by atoms with Gasteiger partial charge in [-0.2, -0.15) is 8.42 Å². The fourth-order valence-electron chi connectivity index (χ4n) is 1.87. The van der Waals surface area contributed by atoms with Crippen LogP contribution in [-0.2, 0) is 19.6 Å². The van der Waals surface area contributed by atoms with E-state index in [0.717, 1.165) is 0 Å². The van der Waals surface area contributed by atoms with Gasteiger partial charge in [-0.1, -0.05) is 23.7 Å². The molecule has 0 saturated carbocycles. The monoisotopic (exact) mass is 317 g/mol. The Morgan fingerprint density at radius 3 is 2.45 bits per heavy atom. The van der Waals surface area contributed by atoms with E-state index >= 15 is 0 Å². The van der Waals surface area contributed by atoms with Crippen molar-refractivity contribution in [2.75, 3.05) is 5.75 Å². The van der Waals surface area contributed by atoms with Crippen LogP contribution in [0.25, 0.3) is 0 Å². The molecule has 3 N–H and O–H groups in total. The van der Waals surface area contributed by atoms with Crippen molar-refractivity contribution in [3.8, 4) is 0 Å². The summed E-state index contributed by atoms with van der Waals surface area (Å²) in [6.07, 6.45) is -1.09. The van der Waals surface area contributed by atoms with Gasteiger partial charge in [-0.3, -0.25) is 9.35 Å². The van der Waals surface area contributed by atoms with E-state index < -0.39 is 27.8 Å². The Morgan fingerprint density at radius 1 is 1.30 bits per heavy atom. The van der Waals surface area contributed by atoms with Crippen molar-refractivity contribution >= 4 is 27.5 Å². The topological polar surface area (TPSA) is 107 Å². The highest BCUT2D eigenvalue weighted by Crippen LogP contribution is 2.32. The standard InChI is InChI=1S/C12H12ClNO5S/c13-8-3-1-7(2-4-8)11-10(15)9(12(14)19-11)5-6-20(16,17)18/h1-4,11H,5-6,14H2,(H,16,17,18). The predicted octanol–water partition coefficient (Wildman–Crippen LogP) is 1.43. The van der Waals surface area contributed by atoms with Crippen LogP contribution < -0.4 is 5.73 Å². The number of hydrogen-bond acceptors (Lipinski definition) is 5. The van der Waals surface area contributed by atoms with Crippen molar-refractivity contribution in [3.63, 3.8) is 0 Å². The second kappa shape index (κ2) is 5.43. The lowest BCUT2D eigenvalue weighted by molar-refractivity contribution is -0.121. The highest BCUT2D eigenvalue weighted by Gasteiger charge is 2.35. The van der Waals surface area contributed by atoms with Crippen LogP contribution in [0.4, 0.5) is 0 Å². The summed E-state index contributed by atoms with van der Waals surface area (Å²) < 4.78 is 35.4. The first kappa shape index (κ1) is 14.8. The molecular weight excluding hydrogens is 306 g/mol. The zero-order chi connectivity index (χ0) is 14.9. The van der Waals surface area contributed by atoms with Crippen LogP contribution in [0.15, 0.2) is 35.7 Å². The Bertz CT molecular complexity index is 666. The van der Waals surface area contributed by atoms with Gasteiger partial charge in [0.25, 0.3) is 10.1 Å². The van der Waals surface area contributed by atoms with Crippen LogP contribution in [0.2, 0.25) is 5.02 Å². The maximum atomic E-state index is 12.1. The van der Waals surface area contributed by atoms with Crippen LogP contribution in [-0.4, -0.2) is 24.5 Å². The highest BCUT2D eigenvalue weighted by atomic mass is 35.5. The van der Waals surface area contributed by atoms with Gasteiger partial charge in [0.1, 0.15) is 0 Å². The highest BCUT2D eigenvalue weighted by molar-refractivity contribution is 7.85. The van der Waals surface area contributed by atoms with Gasteiger partial charge in [-0.15, -0.1) is 0 Å². The molecule has 0 bridgehead atoms. The number of ether oxygens (including phenoxy) is 1. The fourth-order valence-corrected chi connectivity index (χ4v) is 2.45. The average molecular weight is 318 g/mol. The van der Waals surface area contributed by atoms with Crippen molar-refractivity contribution in [3.05, 3.63) is 46.3 Å². The molecule has 0 radical (unpaired) electrons. The first-order chi connectivity index (χ1) is 9.28. The summed E-state index contributed by atoms with van der Waals surface area (Å²) in [4.78, 5) is 12.1. The van der Waals surface area contributed by atoms with E-state index in [9.17, 15) is 13.2 Å². The Kier molecular flexibility index (Phi) is 4.03. The molecule has 0 amide bonds. The second-order valence-corrected chi connectivity index (χ2v) is 6.30. The quantitative estimate of drug-likeness (QED) is 0.813. The second-order valence-electron chi connectivity index (χ2n) is 4.29. The van der Waals surface area contributed by atoms with Gasteiger partial charge >= 0.3 is 0 Å². The SMILES string of the molecule is NC1=C(CCS(=O)(=O)O)C(=O)C(c2ccc(Cl)cc2)O1. The fraction of sp³-hybridized carbons (Fsp3) is 0.250. The maximum Gasteiger partial charge on any atom is 0.265 e. The van der Waals surface area contributed by atoms with E-state index in [1.807, 2.05) is 0 Å². The van der Waals surface area contributed by atoms with E-state index in [2.05, 4.69) is 0 Å². The van der Waals surface area contributed by atoms with Gasteiger partial charge in [0.05, 0.1) is 11.3 Å². The molecule has 0 saturated heterocycles. The summed E-state index contributed by atoms with van der Waals surface area (Å²) in [5.74, 6) is -1.10. The molecule has 1 aromatic carbocycles. The minimum atomic E-state index is -4.16. The molecule has 6 nitrogen and oxygen atoms in total. The number of Topliss-reactive ketones (excluding diaryl/α,β-unsaturated/α-hetero) is 1. The third-order valence-electron chi connectivity index (χ3n) is 2.86. The summed E-state index contributed by atoms with van der Waals surface area (Å²) >= 11 is 5.76. The number of carbonyl (C=O) groups is 1. The Labute approximate surface area is 120 Å².